The lowest BCUT2D eigenvalue weighted by atomic mass is 10.2. The molecule has 0 unspecified atom stereocenters. The molecule has 3 rings (SSSR count). The molecule has 1 amide bonds. The zero-order valence-corrected chi connectivity index (χ0v) is 13.5. The Morgan fingerprint density at radius 3 is 2.91 bits per heavy atom. The summed E-state index contributed by atoms with van der Waals surface area (Å²) < 4.78 is 10.5. The van der Waals surface area contributed by atoms with Gasteiger partial charge < -0.3 is 14.8 Å². The molecule has 6 heteroatoms. The molecule has 0 saturated carbocycles. The fourth-order valence-electron chi connectivity index (χ4n) is 2.19. The Morgan fingerprint density at radius 1 is 1.35 bits per heavy atom. The average Bonchev–Trinajstić information content (AvgIpc) is 3.10. The Kier molecular flexibility index (Phi) is 4.04. The summed E-state index contributed by atoms with van der Waals surface area (Å²) >= 11 is 1.41. The first-order valence-electron chi connectivity index (χ1n) is 6.97. The molecule has 116 valence electrons. The summed E-state index contributed by atoms with van der Waals surface area (Å²) in [4.78, 5) is 13.1. The zero-order chi connectivity index (χ0) is 16.4. The molecule has 5 nitrogen and oxygen atoms in total. The second-order valence-corrected chi connectivity index (χ2v) is 6.26. The summed E-state index contributed by atoms with van der Waals surface area (Å²) in [7, 11) is 0. The van der Waals surface area contributed by atoms with Crippen LogP contribution in [0.1, 0.15) is 21.6 Å². The number of nitrogens with one attached hydrogen (secondary N) is 1. The van der Waals surface area contributed by atoms with E-state index < -0.39 is 0 Å². The molecule has 0 atom stereocenters. The van der Waals surface area contributed by atoms with Crippen molar-refractivity contribution in [2.24, 2.45) is 0 Å². The highest BCUT2D eigenvalue weighted by atomic mass is 32.1. The van der Waals surface area contributed by atoms with Crippen LogP contribution in [0.3, 0.4) is 0 Å². The van der Waals surface area contributed by atoms with Crippen LogP contribution in [0.5, 0.6) is 11.5 Å². The Hall–Kier alpha value is -2.78. The smallest absolute Gasteiger partial charge is 0.249 e. The van der Waals surface area contributed by atoms with E-state index in [4.69, 9.17) is 9.47 Å². The minimum absolute atomic E-state index is 0.219. The molecule has 0 spiro atoms. The summed E-state index contributed by atoms with van der Waals surface area (Å²) in [6.45, 7) is 4.03. The van der Waals surface area contributed by atoms with E-state index in [1.807, 2.05) is 26.0 Å². The highest BCUT2D eigenvalue weighted by molar-refractivity contribution is 7.16. The van der Waals surface area contributed by atoms with Crippen molar-refractivity contribution in [3.63, 3.8) is 0 Å². The third-order valence-corrected chi connectivity index (χ3v) is 4.68. The normalized spacial score (nSPS) is 12.4. The number of fused-ring (bicyclic) bond motifs is 1. The lowest BCUT2D eigenvalue weighted by Crippen LogP contribution is -2.07. The van der Waals surface area contributed by atoms with Crippen LogP contribution >= 0.6 is 11.3 Å². The Balaban J connectivity index is 1.72. The first-order valence-corrected chi connectivity index (χ1v) is 7.79. The number of hydrogen-bond acceptors (Lipinski definition) is 5. The van der Waals surface area contributed by atoms with Crippen LogP contribution < -0.4 is 14.8 Å². The van der Waals surface area contributed by atoms with Crippen molar-refractivity contribution in [2.75, 3.05) is 12.1 Å². The van der Waals surface area contributed by atoms with Crippen LogP contribution in [0, 0.1) is 25.2 Å². The van der Waals surface area contributed by atoms with Crippen molar-refractivity contribution in [1.29, 1.82) is 5.26 Å². The number of ether oxygens (including phenoxy) is 2. The number of benzene rings is 1. The number of nitrogens with zero attached hydrogens (tertiary/aromatic N) is 1. The number of carbonyl (C=O) groups is 1. The van der Waals surface area contributed by atoms with E-state index in [9.17, 15) is 10.1 Å². The molecular formula is C17H14N2O3S. The molecule has 1 aliphatic rings. The summed E-state index contributed by atoms with van der Waals surface area (Å²) in [6.07, 6.45) is 3.12. The predicted molar refractivity (Wildman–Crippen MR) is 88.7 cm³/mol. The minimum Gasteiger partial charge on any atom is -0.454 e. The molecule has 0 aliphatic carbocycles. The van der Waals surface area contributed by atoms with E-state index in [1.54, 1.807) is 12.1 Å². The number of carbonyl (C=O) groups excluding carboxylic acids is 1. The van der Waals surface area contributed by atoms with Gasteiger partial charge in [0.2, 0.25) is 12.7 Å². The topological polar surface area (TPSA) is 71.3 Å². The van der Waals surface area contributed by atoms with Gasteiger partial charge in [-0.2, -0.15) is 5.26 Å². The van der Waals surface area contributed by atoms with Gasteiger partial charge in [-0.25, -0.2) is 0 Å². The molecule has 23 heavy (non-hydrogen) atoms. The Morgan fingerprint density at radius 2 is 2.13 bits per heavy atom. The Bertz CT molecular complexity index is 846. The fourth-order valence-corrected chi connectivity index (χ4v) is 3.21. The zero-order valence-electron chi connectivity index (χ0n) is 12.7. The van der Waals surface area contributed by atoms with Gasteiger partial charge in [-0.1, -0.05) is 6.07 Å². The van der Waals surface area contributed by atoms with Gasteiger partial charge in [-0.3, -0.25) is 4.79 Å². The quantitative estimate of drug-likeness (QED) is 0.875. The van der Waals surface area contributed by atoms with Crippen LogP contribution in [0.25, 0.3) is 6.08 Å². The van der Waals surface area contributed by atoms with E-state index in [0.717, 1.165) is 16.0 Å². The second-order valence-electron chi connectivity index (χ2n) is 5.03. The summed E-state index contributed by atoms with van der Waals surface area (Å²) in [5.74, 6) is 1.10. The van der Waals surface area contributed by atoms with Gasteiger partial charge in [0.1, 0.15) is 11.1 Å². The van der Waals surface area contributed by atoms with Crippen LogP contribution in [-0.2, 0) is 4.79 Å². The highest BCUT2D eigenvalue weighted by Crippen LogP contribution is 2.33. The van der Waals surface area contributed by atoms with Crippen molar-refractivity contribution in [3.8, 4) is 17.6 Å². The van der Waals surface area contributed by atoms with Crippen molar-refractivity contribution in [2.45, 2.75) is 13.8 Å². The fraction of sp³-hybridized carbons (Fsp3) is 0.176. The lowest BCUT2D eigenvalue weighted by Gasteiger charge is -2.00. The third-order valence-electron chi connectivity index (χ3n) is 3.56. The predicted octanol–water partition coefficient (Wildman–Crippen LogP) is 3.62. The number of aryl methyl sites for hydroxylation is 1. The van der Waals surface area contributed by atoms with Crippen molar-refractivity contribution >= 4 is 28.3 Å². The summed E-state index contributed by atoms with van der Waals surface area (Å²) in [5.41, 5.74) is 2.27. The molecule has 1 aromatic heterocycles. The first-order chi connectivity index (χ1) is 11.1. The van der Waals surface area contributed by atoms with Gasteiger partial charge in [0, 0.05) is 11.0 Å². The van der Waals surface area contributed by atoms with Gasteiger partial charge in [0.25, 0.3) is 0 Å². The van der Waals surface area contributed by atoms with E-state index >= 15 is 0 Å². The van der Waals surface area contributed by atoms with E-state index in [-0.39, 0.29) is 12.7 Å². The number of rotatable bonds is 3. The molecule has 1 N–H and O–H groups in total. The van der Waals surface area contributed by atoms with Crippen LogP contribution in [-0.4, -0.2) is 12.7 Å². The number of anilines is 1. The Labute approximate surface area is 137 Å². The largest absolute Gasteiger partial charge is 0.454 e. The maximum atomic E-state index is 12.1. The maximum Gasteiger partial charge on any atom is 0.249 e. The molecule has 2 aromatic rings. The van der Waals surface area contributed by atoms with Gasteiger partial charge in [-0.15, -0.1) is 11.3 Å². The highest BCUT2D eigenvalue weighted by Gasteiger charge is 2.14. The standard InChI is InChI=1S/C17H14N2O3S/c1-10-11(2)23-17(13(10)8-18)19-16(20)6-4-12-3-5-14-15(7-12)22-9-21-14/h3-7H,9H2,1-2H3,(H,19,20)/b6-4-. The van der Waals surface area contributed by atoms with E-state index in [0.29, 0.717) is 22.1 Å². The SMILES string of the molecule is Cc1sc(NC(=O)/C=C\c2ccc3c(c2)OCO3)c(C#N)c1C. The molecule has 1 aromatic carbocycles. The molecule has 0 radical (unpaired) electrons. The van der Waals surface area contributed by atoms with E-state index in [1.165, 1.54) is 17.4 Å². The summed E-state index contributed by atoms with van der Waals surface area (Å²) in [5, 5.41) is 12.5. The molecule has 1 aliphatic heterocycles. The number of hydrogen-bond donors (Lipinski definition) is 1. The number of thiophene rings is 1. The van der Waals surface area contributed by atoms with Gasteiger partial charge in [0.05, 0.1) is 5.56 Å². The van der Waals surface area contributed by atoms with Crippen LogP contribution in [0.15, 0.2) is 24.3 Å². The van der Waals surface area contributed by atoms with Crippen molar-refractivity contribution in [3.05, 3.63) is 45.8 Å². The van der Waals surface area contributed by atoms with Crippen LogP contribution in [0.2, 0.25) is 0 Å². The second kappa shape index (κ2) is 6.15. The summed E-state index contributed by atoms with van der Waals surface area (Å²) in [6, 6.07) is 7.59. The monoisotopic (exact) mass is 326 g/mol. The molecule has 0 saturated heterocycles. The van der Waals surface area contributed by atoms with Crippen LogP contribution in [0.4, 0.5) is 5.00 Å². The minimum atomic E-state index is -0.277. The third kappa shape index (κ3) is 3.05. The number of amides is 1. The molecular weight excluding hydrogens is 312 g/mol. The molecule has 2 heterocycles. The number of nitriles is 1. The molecule has 0 bridgehead atoms. The first kappa shape index (κ1) is 15.1. The van der Waals surface area contributed by atoms with E-state index in [2.05, 4.69) is 11.4 Å². The lowest BCUT2D eigenvalue weighted by molar-refractivity contribution is -0.111. The molecule has 0 fully saturated rings. The van der Waals surface area contributed by atoms with Crippen molar-refractivity contribution in [1.82, 2.24) is 0 Å². The maximum absolute atomic E-state index is 12.1. The van der Waals surface area contributed by atoms with Gasteiger partial charge >= 0.3 is 0 Å². The van der Waals surface area contributed by atoms with Gasteiger partial charge in [-0.05, 0) is 43.2 Å². The van der Waals surface area contributed by atoms with Gasteiger partial charge in [0.15, 0.2) is 11.5 Å². The van der Waals surface area contributed by atoms with Crippen molar-refractivity contribution < 1.29 is 14.3 Å². The average molecular weight is 326 g/mol.